The van der Waals surface area contributed by atoms with Crippen molar-refractivity contribution in [1.29, 1.82) is 5.26 Å². The summed E-state index contributed by atoms with van der Waals surface area (Å²) in [6.07, 6.45) is 9.84. The van der Waals surface area contributed by atoms with Crippen molar-refractivity contribution in [3.8, 4) is 118 Å². The normalized spacial score (nSPS) is 11.4. The molecule has 8 nitrogen and oxygen atoms in total. The van der Waals surface area contributed by atoms with Crippen molar-refractivity contribution in [1.82, 2.24) is 34.1 Å². The van der Waals surface area contributed by atoms with Gasteiger partial charge >= 0.3 is 0 Å². The van der Waals surface area contributed by atoms with E-state index in [1.54, 1.807) is 0 Å². The Balaban J connectivity index is 0.879. The Morgan fingerprint density at radius 1 is 0.250 bits per heavy atom. The number of hydrogen-bond acceptors (Lipinski definition) is 6. The van der Waals surface area contributed by atoms with Crippen LogP contribution in [-0.4, -0.2) is 34.1 Å². The highest BCUT2D eigenvalue weighted by atomic mass is 15.1. The summed E-state index contributed by atoms with van der Waals surface area (Å²) in [6.45, 7) is 0. The van der Waals surface area contributed by atoms with Gasteiger partial charge in [-0.25, -0.2) is 4.98 Å². The van der Waals surface area contributed by atoms with E-state index in [-0.39, 0.29) is 0 Å². The van der Waals surface area contributed by atoms with Crippen molar-refractivity contribution in [2.75, 3.05) is 0 Å². The molecular weight excluding hydrogens is 1070 g/mol. The highest BCUT2D eigenvalue weighted by Crippen LogP contribution is 2.43. The predicted molar refractivity (Wildman–Crippen MR) is 358 cm³/mol. The van der Waals surface area contributed by atoms with Gasteiger partial charge in [0.25, 0.3) is 0 Å². The minimum atomic E-state index is 0.555. The number of nitriles is 1. The molecule has 0 atom stereocenters. The molecule has 0 bridgehead atoms. The molecule has 0 spiro atoms. The third kappa shape index (κ3) is 9.24. The van der Waals surface area contributed by atoms with E-state index in [1.807, 2.05) is 128 Å². The topological polar surface area (TPSA) is 98.1 Å². The van der Waals surface area contributed by atoms with Crippen LogP contribution in [0.5, 0.6) is 0 Å². The first kappa shape index (κ1) is 51.5. The number of rotatable bonds is 11. The fraction of sp³-hybridized carbons (Fsp3) is 0. The van der Waals surface area contributed by atoms with Crippen LogP contribution in [0.15, 0.2) is 304 Å². The summed E-state index contributed by atoms with van der Waals surface area (Å²) in [6, 6.07) is 97.2. The van der Waals surface area contributed by atoms with Crippen molar-refractivity contribution in [2.45, 2.75) is 0 Å². The lowest BCUT2D eigenvalue weighted by Crippen LogP contribution is -2.04. The zero-order valence-corrected chi connectivity index (χ0v) is 47.4. The smallest absolute Gasteiger partial charge is 0.138 e. The van der Waals surface area contributed by atoms with E-state index in [9.17, 15) is 5.26 Å². The number of fused-ring (bicyclic) bond motifs is 6. The molecular formula is C80H50N8. The molecule has 16 rings (SSSR count). The lowest BCUT2D eigenvalue weighted by Gasteiger charge is -2.17. The number of hydrogen-bond donors (Lipinski definition) is 0. The summed E-state index contributed by atoms with van der Waals surface area (Å²) in [5, 5.41) is 15.1. The molecule has 0 N–H and O–H groups in total. The van der Waals surface area contributed by atoms with E-state index in [0.717, 1.165) is 150 Å². The first-order valence-electron chi connectivity index (χ1n) is 29.3. The average molecular weight is 1120 g/mol. The second kappa shape index (κ2) is 21.8. The third-order valence-corrected chi connectivity index (χ3v) is 16.9. The maximum Gasteiger partial charge on any atom is 0.138 e. The van der Waals surface area contributed by atoms with Gasteiger partial charge in [-0.15, -0.1) is 0 Å². The van der Waals surface area contributed by atoms with Crippen molar-refractivity contribution >= 4 is 43.6 Å². The molecule has 0 aliphatic rings. The minimum Gasteiger partial charge on any atom is -0.307 e. The van der Waals surface area contributed by atoms with Crippen molar-refractivity contribution in [3.05, 3.63) is 310 Å². The lowest BCUT2D eigenvalue weighted by atomic mass is 9.99. The van der Waals surface area contributed by atoms with Crippen LogP contribution >= 0.6 is 0 Å². The van der Waals surface area contributed by atoms with Gasteiger partial charge in [-0.05, 0) is 107 Å². The van der Waals surface area contributed by atoms with Gasteiger partial charge in [0, 0.05) is 102 Å². The number of aromatic nitrogens is 7. The van der Waals surface area contributed by atoms with Gasteiger partial charge in [0.15, 0.2) is 0 Å². The van der Waals surface area contributed by atoms with Crippen molar-refractivity contribution in [3.63, 3.8) is 0 Å². The van der Waals surface area contributed by atoms with Gasteiger partial charge in [0.1, 0.15) is 5.82 Å². The molecule has 9 aromatic carbocycles. The highest BCUT2D eigenvalue weighted by Gasteiger charge is 2.23. The van der Waals surface area contributed by atoms with Crippen LogP contribution in [0.3, 0.4) is 0 Å². The van der Waals surface area contributed by atoms with Gasteiger partial charge in [0.2, 0.25) is 0 Å². The lowest BCUT2D eigenvalue weighted by molar-refractivity contribution is 1.06. The van der Waals surface area contributed by atoms with Crippen LogP contribution in [0.2, 0.25) is 0 Å². The largest absolute Gasteiger partial charge is 0.307 e. The van der Waals surface area contributed by atoms with Crippen LogP contribution in [0, 0.1) is 11.3 Å². The van der Waals surface area contributed by atoms with E-state index in [0.29, 0.717) is 11.4 Å². The third-order valence-electron chi connectivity index (χ3n) is 16.9. The van der Waals surface area contributed by atoms with E-state index < -0.39 is 0 Å². The van der Waals surface area contributed by atoms with Gasteiger partial charge < -0.3 is 4.57 Å². The van der Waals surface area contributed by atoms with Crippen LogP contribution in [0.4, 0.5) is 0 Å². The number of pyridine rings is 5. The molecule has 16 aromatic rings. The molecule has 8 heteroatoms. The maximum absolute atomic E-state index is 10.9. The molecule has 0 unspecified atom stereocenters. The van der Waals surface area contributed by atoms with Crippen LogP contribution in [0.25, 0.3) is 156 Å². The summed E-state index contributed by atoms with van der Waals surface area (Å²) >= 11 is 0. The SMILES string of the molecule is N#Cc1ccccc1-c1cc(-n2c3ccc(-c4ccc(-c5ccccc5)nc4)cc3c3cc(-c4ccc(-c5ccccc5)nc4)ccc32)ncc1-n1c2ccc(-c3ccc(-c4ccccc4)nc3)cc2c2cc(-c3ccc(-c4ccccc4)nc3)ccc21. The predicted octanol–water partition coefficient (Wildman–Crippen LogP) is 19.7. The number of nitrogens with zero attached hydrogens (tertiary/aromatic N) is 8. The fourth-order valence-corrected chi connectivity index (χ4v) is 12.4. The first-order chi connectivity index (χ1) is 43.6. The fourth-order valence-electron chi connectivity index (χ4n) is 12.4. The zero-order valence-electron chi connectivity index (χ0n) is 47.4. The van der Waals surface area contributed by atoms with E-state index >= 15 is 0 Å². The summed E-state index contributed by atoms with van der Waals surface area (Å²) in [7, 11) is 0. The summed E-state index contributed by atoms with van der Waals surface area (Å²) in [5.74, 6) is 0.706. The minimum absolute atomic E-state index is 0.555. The van der Waals surface area contributed by atoms with Gasteiger partial charge in [-0.3, -0.25) is 24.5 Å². The Kier molecular flexibility index (Phi) is 12.7. The molecule has 0 radical (unpaired) electrons. The first-order valence-corrected chi connectivity index (χ1v) is 29.3. The second-order valence-corrected chi connectivity index (χ2v) is 22.0. The summed E-state index contributed by atoms with van der Waals surface area (Å²) in [5.41, 5.74) is 23.1. The quantitative estimate of drug-likeness (QED) is 0.128. The molecule has 0 saturated heterocycles. The van der Waals surface area contributed by atoms with E-state index in [4.69, 9.17) is 24.9 Å². The van der Waals surface area contributed by atoms with Crippen LogP contribution in [0.1, 0.15) is 5.56 Å². The van der Waals surface area contributed by atoms with Crippen molar-refractivity contribution in [2.24, 2.45) is 0 Å². The zero-order chi connectivity index (χ0) is 58.5. The maximum atomic E-state index is 10.9. The Morgan fingerprint density at radius 3 is 0.898 bits per heavy atom. The van der Waals surface area contributed by atoms with Gasteiger partial charge in [-0.2, -0.15) is 5.26 Å². The molecule has 0 amide bonds. The molecule has 410 valence electrons. The summed E-state index contributed by atoms with van der Waals surface area (Å²) < 4.78 is 4.57. The number of benzene rings is 9. The highest BCUT2D eigenvalue weighted by molar-refractivity contribution is 6.13. The molecule has 0 saturated carbocycles. The van der Waals surface area contributed by atoms with Gasteiger partial charge in [0.05, 0.1) is 68.4 Å². The molecule has 0 aliphatic heterocycles. The van der Waals surface area contributed by atoms with Gasteiger partial charge in [-0.1, -0.05) is 188 Å². The van der Waals surface area contributed by atoms with Crippen LogP contribution in [-0.2, 0) is 0 Å². The monoisotopic (exact) mass is 1120 g/mol. The standard InChI is InChI=1S/C80H50N8/c81-46-60-23-13-14-24-65(60)70-45-80(88-77-39-31-58(63-27-35-73(84-49-63)54-19-9-3-10-20-54)43-68(77)69-44-59(32-40-78(69)88)64-28-36-74(85-50-64)55-21-11-4-12-22-55)86-51-79(70)87-75-37-29-56(61-25-33-71(82-47-61)52-15-5-1-6-16-52)41-66(75)67-42-57(30-38-76(67)87)62-26-34-72(83-48-62)53-17-7-2-8-18-53/h1-45,47-51H. The second-order valence-electron chi connectivity index (χ2n) is 22.0. The van der Waals surface area contributed by atoms with E-state index in [1.165, 1.54) is 0 Å². The summed E-state index contributed by atoms with van der Waals surface area (Å²) in [4.78, 5) is 25.2. The molecule has 7 aromatic heterocycles. The molecule has 0 fully saturated rings. The van der Waals surface area contributed by atoms with Crippen molar-refractivity contribution < 1.29 is 0 Å². The Labute approximate surface area is 507 Å². The molecule has 88 heavy (non-hydrogen) atoms. The Hall–Kier alpha value is -12.2. The Bertz CT molecular complexity index is 5050. The molecule has 0 aliphatic carbocycles. The molecule has 7 heterocycles. The van der Waals surface area contributed by atoms with Crippen LogP contribution < -0.4 is 0 Å². The van der Waals surface area contributed by atoms with E-state index in [2.05, 4.69) is 191 Å². The average Bonchev–Trinajstić information content (AvgIpc) is 1.80. The Morgan fingerprint density at radius 2 is 0.568 bits per heavy atom.